The molecule has 9 N–H and O–H groups in total. The van der Waals surface area contributed by atoms with Crippen LogP contribution in [0.25, 0.3) is 108 Å². The fourth-order valence-corrected chi connectivity index (χ4v) is 20.7. The zero-order valence-electron chi connectivity index (χ0n) is 75.1. The van der Waals surface area contributed by atoms with Gasteiger partial charge in [0, 0.05) is 107 Å². The van der Waals surface area contributed by atoms with Crippen LogP contribution < -0.4 is 52.6 Å². The van der Waals surface area contributed by atoms with Crippen LogP contribution in [0.4, 0.5) is 21.5 Å². The van der Waals surface area contributed by atoms with Crippen molar-refractivity contribution in [2.45, 2.75) is 86.9 Å². The number of esters is 1. The third-order valence-electron chi connectivity index (χ3n) is 24.0. The van der Waals surface area contributed by atoms with Crippen molar-refractivity contribution in [2.24, 2.45) is 0 Å². The Balaban J connectivity index is 0.000000124. The lowest BCUT2D eigenvalue weighted by atomic mass is 10.0. The Morgan fingerprint density at radius 2 is 0.796 bits per heavy atom. The van der Waals surface area contributed by atoms with E-state index in [9.17, 15) is 68.0 Å². The molecule has 26 nitrogen and oxygen atoms in total. The van der Waals surface area contributed by atoms with E-state index in [2.05, 4.69) is 57.1 Å². The molecule has 20 rings (SSSR count). The van der Waals surface area contributed by atoms with E-state index in [1.165, 1.54) is 54.4 Å². The Hall–Kier alpha value is -16.0. The van der Waals surface area contributed by atoms with Gasteiger partial charge in [-0.3, -0.25) is 47.8 Å². The first-order valence-corrected chi connectivity index (χ1v) is 48.3. The summed E-state index contributed by atoms with van der Waals surface area (Å²) in [4.78, 5) is 113. The van der Waals surface area contributed by atoms with Gasteiger partial charge in [0.15, 0.2) is 0 Å². The number of nitrogens with one attached hydrogen (secondary N) is 9. The number of benzene rings is 14. The van der Waals surface area contributed by atoms with E-state index < -0.39 is 47.9 Å². The molecule has 1 aliphatic heterocycles. The number of sulfonamides is 3. The molecule has 2 amide bonds. The number of fused-ring (bicyclic) bond motifs is 15. The molecule has 0 radical (unpaired) electrons. The van der Waals surface area contributed by atoms with Crippen LogP contribution in [0.2, 0.25) is 0 Å². The van der Waals surface area contributed by atoms with Gasteiger partial charge in [0.2, 0.25) is 15.9 Å². The van der Waals surface area contributed by atoms with Crippen molar-refractivity contribution in [3.63, 3.8) is 0 Å². The van der Waals surface area contributed by atoms with Crippen molar-refractivity contribution in [1.29, 1.82) is 0 Å². The number of hydrogen-bond donors (Lipinski definition) is 9. The van der Waals surface area contributed by atoms with Crippen molar-refractivity contribution in [2.75, 3.05) is 42.1 Å². The average Bonchev–Trinajstić information content (AvgIpc) is 1.74. The van der Waals surface area contributed by atoms with Gasteiger partial charge >= 0.3 is 5.97 Å². The number of aromatic amines is 5. The maximum atomic E-state index is 13.4. The van der Waals surface area contributed by atoms with Crippen molar-refractivity contribution in [1.82, 2.24) is 34.5 Å². The summed E-state index contributed by atoms with van der Waals surface area (Å²) in [7, 11) is -8.57. The molecule has 5 aromatic heterocycles. The molecular formula is C107H93FN10O16S3. The van der Waals surface area contributed by atoms with Gasteiger partial charge in [-0.1, -0.05) is 163 Å². The average molecular weight is 1890 g/mol. The predicted octanol–water partition coefficient (Wildman–Crippen LogP) is 18.6. The van der Waals surface area contributed by atoms with Crippen molar-refractivity contribution in [3.8, 4) is 5.75 Å². The molecule has 692 valence electrons. The van der Waals surface area contributed by atoms with Crippen LogP contribution in [-0.4, -0.2) is 106 Å². The predicted molar refractivity (Wildman–Crippen MR) is 540 cm³/mol. The Morgan fingerprint density at radius 3 is 1.28 bits per heavy atom. The highest BCUT2D eigenvalue weighted by atomic mass is 32.2. The molecule has 1 saturated heterocycles. The van der Waals surface area contributed by atoms with E-state index in [1.54, 1.807) is 159 Å². The smallest absolute Gasteiger partial charge is 0.324 e. The molecule has 1 atom stereocenters. The summed E-state index contributed by atoms with van der Waals surface area (Å²) in [5.74, 6) is -0.628. The highest BCUT2D eigenvalue weighted by molar-refractivity contribution is 7.93. The molecular weight excluding hydrogens is 1800 g/mol. The van der Waals surface area contributed by atoms with Crippen LogP contribution >= 0.6 is 0 Å². The number of aromatic nitrogens is 5. The van der Waals surface area contributed by atoms with Crippen LogP contribution in [-0.2, 0) is 57.2 Å². The minimum Gasteiger partial charge on any atom is -0.497 e. The fraction of sp³-hybridized carbons (Fsp3) is 0.140. The highest BCUT2D eigenvalue weighted by Gasteiger charge is 2.40. The number of ether oxygens (including phenoxy) is 2. The van der Waals surface area contributed by atoms with E-state index in [-0.39, 0.29) is 60.8 Å². The number of anilines is 3. The molecule has 6 heterocycles. The van der Waals surface area contributed by atoms with Gasteiger partial charge in [-0.05, 0) is 254 Å². The second kappa shape index (κ2) is 40.4. The van der Waals surface area contributed by atoms with Crippen LogP contribution in [0.3, 0.4) is 0 Å². The van der Waals surface area contributed by atoms with E-state index in [1.807, 2.05) is 123 Å². The number of hydrogen-bond acceptors (Lipinski definition) is 16. The maximum Gasteiger partial charge on any atom is 0.324 e. The maximum absolute atomic E-state index is 13.4. The Bertz CT molecular complexity index is 8660. The standard InChI is InChI=1S/C23H19FN2O2.C23H20N2O2.C21H18N2O4S.C21H18N2O3S.C19H18N2O5S/c24-17-9-11-18-19-10-8-16(13-21(19)26-23(28)20(18)14-17)22(27)25-12-4-7-15-5-2-1-3-6-15;1-15-13-21-19(17-9-5-6-10-18(17)23(27)25-21)14-20(15)24-22(26)12-11-16-7-3-2-4-8-16;1-13-11-20-18(16-5-3-4-6-17(16)21(24)22-20)12-19(13)23-28(25,26)15-9-7-14(27-2)8-10-15;1-13-7-9-15(10-8-13)27(25,26)23-19-12-18-16-5-3-4-6-17(16)21(24)22-20(18)11-14(19)2;1-26-19(23)17-7-4-10-21(17)27(24,25)12-8-9-16-15(11-12)13-5-2-3-6-14(13)18(22)20-16/h1-3,5-6,8-11,13-14H,4,7,12H2,(H,25,27)(H,26,28);2-10,13-14H,11-12H2,1H3,(H,24,26)(H,25,27);3-12,23H,1-2H3,(H,22,24);3-12,23H,1-2H3,(H,22,24);2-3,5-6,8-9,11,17H,4,7,10H2,1H3,(H,20,22). The lowest BCUT2D eigenvalue weighted by Gasteiger charge is -2.22. The van der Waals surface area contributed by atoms with Gasteiger partial charge in [-0.25, -0.2) is 29.6 Å². The fourth-order valence-electron chi connectivity index (χ4n) is 16.8. The quantitative estimate of drug-likeness (QED) is 0.0206. The van der Waals surface area contributed by atoms with Crippen LogP contribution in [0.5, 0.6) is 5.75 Å². The summed E-state index contributed by atoms with van der Waals surface area (Å²) < 4.78 is 107. The number of nitrogens with zero attached hydrogens (tertiary/aromatic N) is 1. The third kappa shape index (κ3) is 20.9. The normalized spacial score (nSPS) is 12.7. The summed E-state index contributed by atoms with van der Waals surface area (Å²) in [6.07, 6.45) is 3.91. The molecule has 0 spiro atoms. The summed E-state index contributed by atoms with van der Waals surface area (Å²) in [6, 6.07) is 86.1. The van der Waals surface area contributed by atoms with Crippen LogP contribution in [0.1, 0.15) is 69.4 Å². The zero-order valence-corrected chi connectivity index (χ0v) is 77.6. The second-order valence-corrected chi connectivity index (χ2v) is 38.4. The van der Waals surface area contributed by atoms with E-state index in [0.29, 0.717) is 126 Å². The number of carbonyl (C=O) groups excluding carboxylic acids is 3. The van der Waals surface area contributed by atoms with Gasteiger partial charge in [0.05, 0.1) is 45.7 Å². The van der Waals surface area contributed by atoms with Crippen molar-refractivity contribution in [3.05, 3.63) is 394 Å². The van der Waals surface area contributed by atoms with Gasteiger partial charge in [0.25, 0.3) is 53.8 Å². The SMILES string of the molecule is COC(=O)C1CCCN1S(=O)(=O)c1ccc2[nH]c(=O)c3ccccc3c2c1.COc1ccc(S(=O)(=O)Nc2cc3c(cc2C)[nH]c(=O)c2ccccc23)cc1.Cc1cc2[nH]c(=O)c3ccccc3c2cc1NC(=O)CCc1ccccc1.Cc1ccc(S(=O)(=O)Nc2cc3c(cc2C)[nH]c(=O)c2ccccc23)cc1.O=C(NCCCc1ccccc1)c1ccc2c(c1)[nH]c(=O)c1cc(F)ccc12. The van der Waals surface area contributed by atoms with Crippen LogP contribution in [0, 0.1) is 33.5 Å². The number of methoxy groups -OCH3 is 2. The number of halogens is 1. The Kier molecular flexibility index (Phi) is 27.8. The molecule has 14 aromatic carbocycles. The first-order valence-electron chi connectivity index (χ1n) is 43.9. The van der Waals surface area contributed by atoms with E-state index >= 15 is 0 Å². The van der Waals surface area contributed by atoms with Crippen molar-refractivity contribution < 1.29 is 53.5 Å². The molecule has 1 unspecified atom stereocenters. The Labute approximate surface area is 784 Å². The molecule has 0 aliphatic carbocycles. The zero-order chi connectivity index (χ0) is 96.6. The van der Waals surface area contributed by atoms with Gasteiger partial charge in [0.1, 0.15) is 17.6 Å². The minimum atomic E-state index is -3.87. The first kappa shape index (κ1) is 94.2. The monoisotopic (exact) mass is 1890 g/mol. The number of aryl methyl sites for hydroxylation is 6. The number of rotatable bonds is 19. The van der Waals surface area contributed by atoms with Gasteiger partial charge < -0.3 is 45.0 Å². The summed E-state index contributed by atoms with van der Waals surface area (Å²) >= 11 is 0. The van der Waals surface area contributed by atoms with Gasteiger partial charge in [-0.2, -0.15) is 4.31 Å². The molecule has 1 fully saturated rings. The highest BCUT2D eigenvalue weighted by Crippen LogP contribution is 2.36. The third-order valence-corrected chi connectivity index (χ3v) is 28.6. The lowest BCUT2D eigenvalue weighted by molar-refractivity contribution is -0.144. The summed E-state index contributed by atoms with van der Waals surface area (Å²) in [5, 5.41) is 16.2. The van der Waals surface area contributed by atoms with E-state index in [4.69, 9.17) is 9.47 Å². The van der Waals surface area contributed by atoms with E-state index in [0.717, 1.165) is 84.0 Å². The first-order chi connectivity index (χ1) is 65.9. The molecule has 137 heavy (non-hydrogen) atoms. The minimum absolute atomic E-state index is 0.0185. The lowest BCUT2D eigenvalue weighted by Crippen LogP contribution is -2.41. The largest absolute Gasteiger partial charge is 0.497 e. The number of carbonyl (C=O) groups is 3. The van der Waals surface area contributed by atoms with Gasteiger partial charge in [-0.15, -0.1) is 0 Å². The molecule has 19 aromatic rings. The molecule has 1 aliphatic rings. The number of amides is 2. The summed E-state index contributed by atoms with van der Waals surface area (Å²) in [5.41, 5.74) is 10.1. The topological polar surface area (TPSA) is 388 Å². The van der Waals surface area contributed by atoms with Crippen LogP contribution in [0.15, 0.2) is 336 Å². The molecule has 30 heteroatoms. The molecule has 0 saturated carbocycles. The number of pyridine rings is 5. The number of H-pyrrole nitrogens is 5. The van der Waals surface area contributed by atoms with Crippen molar-refractivity contribution >= 4 is 173 Å². The molecule has 0 bridgehead atoms. The Morgan fingerprint density at radius 1 is 0.394 bits per heavy atom. The summed E-state index contributed by atoms with van der Waals surface area (Å²) in [6.45, 7) is 8.27. The second-order valence-electron chi connectivity index (χ2n) is 33.1.